The first-order chi connectivity index (χ1) is 14.0. The summed E-state index contributed by atoms with van der Waals surface area (Å²) in [6, 6.07) is 17.1. The Bertz CT molecular complexity index is 1240. The van der Waals surface area contributed by atoms with Crippen molar-refractivity contribution in [2.24, 2.45) is 0 Å². The topological polar surface area (TPSA) is 55.2 Å². The fourth-order valence-electron chi connectivity index (χ4n) is 3.73. The molecule has 148 valence electrons. The SMILES string of the molecule is CC[C@@H](C(=O)N(C)Cc1ccccc1)n1nc(C)c2sc3ccccc3c2c1=O. The van der Waals surface area contributed by atoms with Crippen LogP contribution in [0.4, 0.5) is 0 Å². The Labute approximate surface area is 173 Å². The minimum atomic E-state index is -0.627. The van der Waals surface area contributed by atoms with Gasteiger partial charge in [-0.1, -0.05) is 55.5 Å². The van der Waals surface area contributed by atoms with Crippen molar-refractivity contribution >= 4 is 37.4 Å². The molecule has 4 aromatic rings. The molecule has 0 aliphatic carbocycles. The van der Waals surface area contributed by atoms with Gasteiger partial charge in [0.2, 0.25) is 5.91 Å². The van der Waals surface area contributed by atoms with E-state index in [-0.39, 0.29) is 11.5 Å². The van der Waals surface area contributed by atoms with E-state index >= 15 is 0 Å². The van der Waals surface area contributed by atoms with Crippen molar-refractivity contribution in [2.45, 2.75) is 32.9 Å². The van der Waals surface area contributed by atoms with Crippen molar-refractivity contribution in [1.29, 1.82) is 0 Å². The van der Waals surface area contributed by atoms with Crippen LogP contribution in [0, 0.1) is 6.92 Å². The molecule has 1 amide bonds. The Morgan fingerprint density at radius 1 is 1.14 bits per heavy atom. The Hall–Kier alpha value is -2.99. The van der Waals surface area contributed by atoms with E-state index < -0.39 is 6.04 Å². The molecule has 5 nitrogen and oxygen atoms in total. The molecule has 1 atom stereocenters. The van der Waals surface area contributed by atoms with Gasteiger partial charge in [-0.25, -0.2) is 4.68 Å². The van der Waals surface area contributed by atoms with Gasteiger partial charge in [-0.05, 0) is 25.0 Å². The van der Waals surface area contributed by atoms with Crippen molar-refractivity contribution < 1.29 is 4.79 Å². The quantitative estimate of drug-likeness (QED) is 0.490. The van der Waals surface area contributed by atoms with Crippen LogP contribution in [-0.4, -0.2) is 27.6 Å². The number of nitrogens with zero attached hydrogens (tertiary/aromatic N) is 3. The number of likely N-dealkylation sites (N-methyl/N-ethyl adjacent to an activating group) is 1. The third kappa shape index (κ3) is 3.44. The van der Waals surface area contributed by atoms with Gasteiger partial charge in [0.15, 0.2) is 0 Å². The van der Waals surface area contributed by atoms with E-state index in [1.54, 1.807) is 23.3 Å². The number of aryl methyl sites for hydroxylation is 1. The van der Waals surface area contributed by atoms with E-state index in [9.17, 15) is 9.59 Å². The summed E-state index contributed by atoms with van der Waals surface area (Å²) in [6.07, 6.45) is 0.498. The predicted octanol–water partition coefficient (Wildman–Crippen LogP) is 4.53. The van der Waals surface area contributed by atoms with Gasteiger partial charge in [-0.15, -0.1) is 11.3 Å². The number of rotatable bonds is 5. The number of carbonyl (C=O) groups excluding carboxylic acids is 1. The lowest BCUT2D eigenvalue weighted by Gasteiger charge is -2.24. The van der Waals surface area contributed by atoms with E-state index in [1.807, 2.05) is 68.4 Å². The summed E-state index contributed by atoms with van der Waals surface area (Å²) in [4.78, 5) is 28.3. The second-order valence-corrected chi connectivity index (χ2v) is 8.29. The van der Waals surface area contributed by atoms with Gasteiger partial charge < -0.3 is 4.90 Å². The number of hydrogen-bond donors (Lipinski definition) is 0. The highest BCUT2D eigenvalue weighted by Gasteiger charge is 2.26. The molecule has 2 heterocycles. The maximum Gasteiger partial charge on any atom is 0.276 e. The number of benzene rings is 2. The number of thiophene rings is 1. The zero-order valence-corrected chi connectivity index (χ0v) is 17.6. The van der Waals surface area contributed by atoms with Crippen LogP contribution in [0.15, 0.2) is 59.4 Å². The first-order valence-corrected chi connectivity index (χ1v) is 10.5. The third-order valence-corrected chi connectivity index (χ3v) is 6.49. The fourth-order valence-corrected chi connectivity index (χ4v) is 4.87. The first kappa shape index (κ1) is 19.3. The second kappa shape index (κ2) is 7.79. The van der Waals surface area contributed by atoms with Crippen LogP contribution in [-0.2, 0) is 11.3 Å². The van der Waals surface area contributed by atoms with E-state index in [4.69, 9.17) is 0 Å². The lowest BCUT2D eigenvalue weighted by Crippen LogP contribution is -2.39. The molecule has 2 aromatic heterocycles. The highest BCUT2D eigenvalue weighted by Crippen LogP contribution is 2.33. The number of hydrogen-bond acceptors (Lipinski definition) is 4. The van der Waals surface area contributed by atoms with Crippen molar-refractivity contribution in [3.63, 3.8) is 0 Å². The maximum atomic E-state index is 13.4. The monoisotopic (exact) mass is 405 g/mol. The zero-order valence-electron chi connectivity index (χ0n) is 16.8. The molecule has 6 heteroatoms. The normalized spacial score (nSPS) is 12.4. The van der Waals surface area contributed by atoms with Gasteiger partial charge >= 0.3 is 0 Å². The van der Waals surface area contributed by atoms with E-state index in [0.717, 1.165) is 26.0 Å². The Kier molecular flexibility index (Phi) is 5.20. The number of fused-ring (bicyclic) bond motifs is 3. The second-order valence-electron chi connectivity index (χ2n) is 7.24. The highest BCUT2D eigenvalue weighted by molar-refractivity contribution is 7.26. The Balaban J connectivity index is 1.77. The van der Waals surface area contributed by atoms with Gasteiger partial charge in [0.25, 0.3) is 5.56 Å². The predicted molar refractivity (Wildman–Crippen MR) is 118 cm³/mol. The van der Waals surface area contributed by atoms with Gasteiger partial charge in [0.05, 0.1) is 15.8 Å². The van der Waals surface area contributed by atoms with E-state index in [1.165, 1.54) is 4.68 Å². The fraction of sp³-hybridized carbons (Fsp3) is 0.261. The molecule has 0 aliphatic rings. The number of amides is 1. The largest absolute Gasteiger partial charge is 0.340 e. The Morgan fingerprint density at radius 2 is 1.83 bits per heavy atom. The van der Waals surface area contributed by atoms with E-state index in [2.05, 4.69) is 5.10 Å². The molecule has 0 N–H and O–H groups in total. The summed E-state index contributed by atoms with van der Waals surface area (Å²) in [5.74, 6) is -0.107. The lowest BCUT2D eigenvalue weighted by atomic mass is 10.1. The lowest BCUT2D eigenvalue weighted by molar-refractivity contribution is -0.134. The highest BCUT2D eigenvalue weighted by atomic mass is 32.1. The summed E-state index contributed by atoms with van der Waals surface area (Å²) in [5.41, 5.74) is 1.63. The van der Waals surface area contributed by atoms with Crippen LogP contribution in [0.5, 0.6) is 0 Å². The summed E-state index contributed by atoms with van der Waals surface area (Å²) in [7, 11) is 1.77. The molecular formula is C23H23N3O2S. The maximum absolute atomic E-state index is 13.4. The van der Waals surface area contributed by atoms with Crippen LogP contribution in [0.1, 0.15) is 30.6 Å². The zero-order chi connectivity index (χ0) is 20.5. The van der Waals surface area contributed by atoms with Crippen molar-refractivity contribution in [3.8, 4) is 0 Å². The summed E-state index contributed by atoms with van der Waals surface area (Å²) >= 11 is 1.58. The van der Waals surface area contributed by atoms with Crippen LogP contribution < -0.4 is 5.56 Å². The molecule has 29 heavy (non-hydrogen) atoms. The molecule has 2 aromatic carbocycles. The summed E-state index contributed by atoms with van der Waals surface area (Å²) in [5, 5.41) is 6.13. The molecule has 0 unspecified atom stereocenters. The Morgan fingerprint density at radius 3 is 2.55 bits per heavy atom. The van der Waals surface area contributed by atoms with Gasteiger partial charge in [-0.2, -0.15) is 5.10 Å². The molecule has 0 saturated carbocycles. The molecule has 0 saturated heterocycles. The minimum absolute atomic E-state index is 0.107. The first-order valence-electron chi connectivity index (χ1n) is 9.70. The molecule has 0 aliphatic heterocycles. The molecule has 0 bridgehead atoms. The van der Waals surface area contributed by atoms with Crippen LogP contribution in [0.25, 0.3) is 20.2 Å². The third-order valence-electron chi connectivity index (χ3n) is 5.21. The smallest absolute Gasteiger partial charge is 0.276 e. The number of aromatic nitrogens is 2. The van der Waals surface area contributed by atoms with Crippen LogP contribution >= 0.6 is 11.3 Å². The minimum Gasteiger partial charge on any atom is -0.340 e. The van der Waals surface area contributed by atoms with Crippen molar-refractivity contribution in [3.05, 3.63) is 76.2 Å². The molecule has 0 radical (unpaired) electrons. The van der Waals surface area contributed by atoms with Gasteiger partial charge in [-0.3, -0.25) is 9.59 Å². The molecular weight excluding hydrogens is 382 g/mol. The average Bonchev–Trinajstić information content (AvgIpc) is 3.13. The number of carbonyl (C=O) groups is 1. The molecule has 0 fully saturated rings. The van der Waals surface area contributed by atoms with Gasteiger partial charge in [0.1, 0.15) is 6.04 Å². The van der Waals surface area contributed by atoms with Crippen molar-refractivity contribution in [1.82, 2.24) is 14.7 Å². The van der Waals surface area contributed by atoms with Gasteiger partial charge in [0, 0.05) is 23.7 Å². The van der Waals surface area contributed by atoms with Crippen LogP contribution in [0.2, 0.25) is 0 Å². The van der Waals surface area contributed by atoms with Crippen LogP contribution in [0.3, 0.4) is 0 Å². The van der Waals surface area contributed by atoms with Crippen molar-refractivity contribution in [2.75, 3.05) is 7.05 Å². The summed E-state index contributed by atoms with van der Waals surface area (Å²) < 4.78 is 3.34. The van der Waals surface area contributed by atoms with E-state index in [0.29, 0.717) is 18.4 Å². The molecule has 0 spiro atoms. The summed E-state index contributed by atoms with van der Waals surface area (Å²) in [6.45, 7) is 4.31. The molecule has 4 rings (SSSR count). The standard InChI is InChI=1S/C23H23N3O2S/c1-4-18(22(27)25(3)14-16-10-6-5-7-11-16)26-23(28)20-17-12-8-9-13-19(17)29-21(20)15(2)24-26/h5-13,18H,4,14H2,1-3H3/t18-/m0/s1. The average molecular weight is 406 g/mol.